The van der Waals surface area contributed by atoms with Crippen molar-refractivity contribution in [2.24, 2.45) is 11.7 Å². The molecule has 0 aromatic carbocycles. The molecule has 17 heavy (non-hydrogen) atoms. The molecule has 0 radical (unpaired) electrons. The van der Waals surface area contributed by atoms with Gasteiger partial charge in [-0.2, -0.15) is 0 Å². The lowest BCUT2D eigenvalue weighted by molar-refractivity contribution is -0.138. The quantitative estimate of drug-likeness (QED) is 0.787. The molecule has 3 atom stereocenters. The van der Waals surface area contributed by atoms with Crippen LogP contribution >= 0.6 is 0 Å². The fourth-order valence-electron chi connectivity index (χ4n) is 2.72. The topological polar surface area (TPSA) is 55.6 Å². The second-order valence-corrected chi connectivity index (χ2v) is 6.18. The van der Waals surface area contributed by atoms with E-state index in [4.69, 9.17) is 10.5 Å². The zero-order valence-electron chi connectivity index (χ0n) is 11.1. The van der Waals surface area contributed by atoms with Crippen molar-refractivity contribution in [2.45, 2.75) is 57.8 Å². The number of hydrogen-bond acceptors (Lipinski definition) is 3. The van der Waals surface area contributed by atoms with E-state index in [2.05, 4.69) is 20.8 Å². The van der Waals surface area contributed by atoms with Crippen molar-refractivity contribution >= 4 is 5.91 Å². The first kappa shape index (κ1) is 12.8. The second-order valence-electron chi connectivity index (χ2n) is 6.18. The van der Waals surface area contributed by atoms with Crippen LogP contribution in [-0.2, 0) is 9.53 Å². The predicted octanol–water partition coefficient (Wildman–Crippen LogP) is 1.14. The Bertz CT molecular complexity index is 304. The van der Waals surface area contributed by atoms with Gasteiger partial charge in [-0.05, 0) is 32.6 Å². The molecule has 2 N–H and O–H groups in total. The number of likely N-dealkylation sites (tertiary alicyclic amines) is 1. The van der Waals surface area contributed by atoms with Crippen LogP contribution in [0.25, 0.3) is 0 Å². The summed E-state index contributed by atoms with van der Waals surface area (Å²) < 4.78 is 5.93. The number of carbonyl (C=O) groups is 1. The minimum atomic E-state index is -0.0289. The summed E-state index contributed by atoms with van der Waals surface area (Å²) in [5.41, 5.74) is 5.99. The maximum absolute atomic E-state index is 11.9. The first-order valence-corrected chi connectivity index (χ1v) is 6.58. The molecule has 98 valence electrons. The van der Waals surface area contributed by atoms with E-state index < -0.39 is 0 Å². The Kier molecular flexibility index (Phi) is 3.46. The van der Waals surface area contributed by atoms with E-state index in [1.165, 1.54) is 0 Å². The van der Waals surface area contributed by atoms with E-state index in [1.807, 2.05) is 4.90 Å². The largest absolute Gasteiger partial charge is 0.371 e. The van der Waals surface area contributed by atoms with Crippen LogP contribution in [0.4, 0.5) is 0 Å². The Morgan fingerprint density at radius 1 is 1.53 bits per heavy atom. The summed E-state index contributed by atoms with van der Waals surface area (Å²) in [7, 11) is 0. The van der Waals surface area contributed by atoms with Crippen LogP contribution in [-0.4, -0.2) is 41.6 Å². The fourth-order valence-corrected chi connectivity index (χ4v) is 2.72. The minimum Gasteiger partial charge on any atom is -0.371 e. The number of ether oxygens (including phenoxy) is 1. The van der Waals surface area contributed by atoms with Gasteiger partial charge in [0.15, 0.2) is 0 Å². The lowest BCUT2D eigenvalue weighted by Gasteiger charge is -2.36. The zero-order valence-corrected chi connectivity index (χ0v) is 11.1. The van der Waals surface area contributed by atoms with Crippen molar-refractivity contribution in [3.8, 4) is 0 Å². The lowest BCUT2D eigenvalue weighted by atomic mass is 9.93. The van der Waals surface area contributed by atoms with E-state index in [9.17, 15) is 4.79 Å². The summed E-state index contributed by atoms with van der Waals surface area (Å²) in [6.07, 6.45) is 2.88. The molecule has 2 heterocycles. The molecule has 1 amide bonds. The molecular weight excluding hydrogens is 216 g/mol. The molecule has 2 fully saturated rings. The van der Waals surface area contributed by atoms with Gasteiger partial charge < -0.3 is 15.4 Å². The molecule has 0 spiro atoms. The summed E-state index contributed by atoms with van der Waals surface area (Å²) in [5.74, 6) is 0.534. The fraction of sp³-hybridized carbons (Fsp3) is 0.923. The molecular formula is C13H24N2O2. The summed E-state index contributed by atoms with van der Waals surface area (Å²) in [6.45, 7) is 7.66. The van der Waals surface area contributed by atoms with Crippen molar-refractivity contribution in [2.75, 3.05) is 13.1 Å². The van der Waals surface area contributed by atoms with E-state index in [1.54, 1.807) is 0 Å². The average Bonchev–Trinajstić information content (AvgIpc) is 2.54. The van der Waals surface area contributed by atoms with Gasteiger partial charge in [0.2, 0.25) is 5.91 Å². The van der Waals surface area contributed by atoms with Gasteiger partial charge in [0, 0.05) is 25.6 Å². The van der Waals surface area contributed by atoms with E-state index in [-0.39, 0.29) is 23.7 Å². The van der Waals surface area contributed by atoms with Crippen LogP contribution < -0.4 is 5.73 Å². The predicted molar refractivity (Wildman–Crippen MR) is 66.5 cm³/mol. The van der Waals surface area contributed by atoms with Crippen molar-refractivity contribution in [3.05, 3.63) is 0 Å². The van der Waals surface area contributed by atoms with Gasteiger partial charge in [-0.25, -0.2) is 0 Å². The zero-order chi connectivity index (χ0) is 12.6. The molecule has 4 heteroatoms. The summed E-state index contributed by atoms with van der Waals surface area (Å²) in [6, 6.07) is 0.113. The number of piperidine rings is 1. The lowest BCUT2D eigenvalue weighted by Crippen LogP contribution is -2.52. The monoisotopic (exact) mass is 240 g/mol. The Morgan fingerprint density at radius 3 is 2.82 bits per heavy atom. The smallest absolute Gasteiger partial charge is 0.223 e. The highest BCUT2D eigenvalue weighted by atomic mass is 16.5. The number of amides is 1. The van der Waals surface area contributed by atoms with Gasteiger partial charge in [-0.15, -0.1) is 0 Å². The third-order valence-corrected chi connectivity index (χ3v) is 3.99. The van der Waals surface area contributed by atoms with Gasteiger partial charge in [0.1, 0.15) is 0 Å². The third kappa shape index (κ3) is 2.99. The Hall–Kier alpha value is -0.610. The molecule has 2 aliphatic heterocycles. The van der Waals surface area contributed by atoms with E-state index in [0.29, 0.717) is 25.4 Å². The summed E-state index contributed by atoms with van der Waals surface area (Å²) >= 11 is 0. The Morgan fingerprint density at radius 2 is 2.24 bits per heavy atom. The number of rotatable bonds is 2. The molecule has 2 aliphatic rings. The number of carbonyl (C=O) groups excluding carboxylic acids is 1. The van der Waals surface area contributed by atoms with Crippen molar-refractivity contribution in [3.63, 3.8) is 0 Å². The highest BCUT2D eigenvalue weighted by Crippen LogP contribution is 2.30. The van der Waals surface area contributed by atoms with Gasteiger partial charge >= 0.3 is 0 Å². The van der Waals surface area contributed by atoms with E-state index >= 15 is 0 Å². The first-order valence-electron chi connectivity index (χ1n) is 6.58. The number of nitrogens with two attached hydrogens (primary N) is 1. The van der Waals surface area contributed by atoms with Crippen LogP contribution in [0.1, 0.15) is 40.0 Å². The molecule has 0 saturated carbocycles. The SMILES string of the molecule is CC1CC(=O)N(CC2CCC(C)(C)O2)CC1N. The van der Waals surface area contributed by atoms with Crippen LogP contribution in [0.3, 0.4) is 0 Å². The molecule has 0 aliphatic carbocycles. The van der Waals surface area contributed by atoms with Gasteiger partial charge in [0.05, 0.1) is 11.7 Å². The molecule has 0 aromatic heterocycles. The standard InChI is InChI=1S/C13H24N2O2/c1-9-6-12(16)15(8-11(9)14)7-10-4-5-13(2,3)17-10/h9-11H,4-8,14H2,1-3H3. The normalized spacial score (nSPS) is 37.5. The second kappa shape index (κ2) is 4.58. The Labute approximate surface area is 103 Å². The highest BCUT2D eigenvalue weighted by molar-refractivity contribution is 5.77. The molecule has 4 nitrogen and oxygen atoms in total. The first-order chi connectivity index (χ1) is 7.87. The minimum absolute atomic E-state index is 0.0289. The molecule has 3 unspecified atom stereocenters. The van der Waals surface area contributed by atoms with Crippen LogP contribution in [0, 0.1) is 5.92 Å². The van der Waals surface area contributed by atoms with Crippen molar-refractivity contribution in [1.82, 2.24) is 4.90 Å². The van der Waals surface area contributed by atoms with Gasteiger partial charge in [-0.3, -0.25) is 4.79 Å². The summed E-state index contributed by atoms with van der Waals surface area (Å²) in [5, 5.41) is 0. The number of hydrogen-bond donors (Lipinski definition) is 1. The molecule has 2 rings (SSSR count). The van der Waals surface area contributed by atoms with E-state index in [0.717, 1.165) is 12.8 Å². The highest BCUT2D eigenvalue weighted by Gasteiger charge is 2.36. The molecule has 0 aromatic rings. The third-order valence-electron chi connectivity index (χ3n) is 3.99. The van der Waals surface area contributed by atoms with Gasteiger partial charge in [0.25, 0.3) is 0 Å². The average molecular weight is 240 g/mol. The molecule has 2 saturated heterocycles. The maximum Gasteiger partial charge on any atom is 0.223 e. The van der Waals surface area contributed by atoms with Crippen molar-refractivity contribution in [1.29, 1.82) is 0 Å². The van der Waals surface area contributed by atoms with Gasteiger partial charge in [-0.1, -0.05) is 6.92 Å². The maximum atomic E-state index is 11.9. The molecule has 0 bridgehead atoms. The van der Waals surface area contributed by atoms with Crippen LogP contribution in [0.5, 0.6) is 0 Å². The van der Waals surface area contributed by atoms with Crippen molar-refractivity contribution < 1.29 is 9.53 Å². The number of nitrogens with zero attached hydrogens (tertiary/aromatic N) is 1. The Balaban J connectivity index is 1.89. The summed E-state index contributed by atoms with van der Waals surface area (Å²) in [4.78, 5) is 13.8. The van der Waals surface area contributed by atoms with Crippen LogP contribution in [0.15, 0.2) is 0 Å². The van der Waals surface area contributed by atoms with Crippen LogP contribution in [0.2, 0.25) is 0 Å².